The van der Waals surface area contributed by atoms with Crippen molar-refractivity contribution in [2.24, 2.45) is 0 Å². The fraction of sp³-hybridized carbons (Fsp3) is 0.154. The molecule has 15 heavy (non-hydrogen) atoms. The molecule has 1 aliphatic rings. The summed E-state index contributed by atoms with van der Waals surface area (Å²) in [6.07, 6.45) is 1.77. The zero-order chi connectivity index (χ0) is 10.4. The fourth-order valence-corrected chi connectivity index (χ4v) is 2.65. The SMILES string of the molecule is O=CC1Cc2c(Cl)ccc3cccc1c23. The third-order valence-electron chi connectivity index (χ3n) is 3.12. The molecular weight excluding hydrogens is 208 g/mol. The van der Waals surface area contributed by atoms with Gasteiger partial charge in [-0.05, 0) is 34.4 Å². The summed E-state index contributed by atoms with van der Waals surface area (Å²) in [6, 6.07) is 10.0. The molecule has 0 heterocycles. The van der Waals surface area contributed by atoms with Gasteiger partial charge in [-0.15, -0.1) is 0 Å². The Labute approximate surface area is 92.7 Å². The number of benzene rings is 2. The molecule has 0 N–H and O–H groups in total. The van der Waals surface area contributed by atoms with Crippen molar-refractivity contribution in [2.45, 2.75) is 12.3 Å². The number of carbonyl (C=O) groups is 1. The summed E-state index contributed by atoms with van der Waals surface area (Å²) in [6.45, 7) is 0. The summed E-state index contributed by atoms with van der Waals surface area (Å²) in [5, 5.41) is 3.14. The Balaban J connectivity index is 2.45. The van der Waals surface area contributed by atoms with Gasteiger partial charge >= 0.3 is 0 Å². The molecule has 0 spiro atoms. The molecule has 2 heteroatoms. The Bertz CT molecular complexity index is 560. The average molecular weight is 217 g/mol. The Morgan fingerprint density at radius 2 is 2.13 bits per heavy atom. The van der Waals surface area contributed by atoms with Gasteiger partial charge in [0.25, 0.3) is 0 Å². The first-order chi connectivity index (χ1) is 7.31. The molecular formula is C13H9ClO. The second kappa shape index (κ2) is 3.07. The first-order valence-corrected chi connectivity index (χ1v) is 5.34. The third-order valence-corrected chi connectivity index (χ3v) is 3.47. The van der Waals surface area contributed by atoms with Crippen LogP contribution in [0.1, 0.15) is 17.0 Å². The van der Waals surface area contributed by atoms with Crippen molar-refractivity contribution in [1.82, 2.24) is 0 Å². The van der Waals surface area contributed by atoms with Crippen LogP contribution in [0, 0.1) is 0 Å². The zero-order valence-electron chi connectivity index (χ0n) is 8.03. The molecule has 0 saturated carbocycles. The standard InChI is InChI=1S/C13H9ClO/c14-12-5-4-8-2-1-3-10-9(7-15)6-11(12)13(8)10/h1-5,7,9H,6H2. The number of halogens is 1. The highest BCUT2D eigenvalue weighted by atomic mass is 35.5. The topological polar surface area (TPSA) is 17.1 Å². The number of rotatable bonds is 1. The van der Waals surface area contributed by atoms with E-state index in [1.807, 2.05) is 24.3 Å². The monoisotopic (exact) mass is 216 g/mol. The summed E-state index contributed by atoms with van der Waals surface area (Å²) in [5.74, 6) is -0.0106. The molecule has 0 fully saturated rings. The van der Waals surface area contributed by atoms with Crippen molar-refractivity contribution >= 4 is 28.7 Å². The van der Waals surface area contributed by atoms with Gasteiger partial charge in [0.15, 0.2) is 0 Å². The Morgan fingerprint density at radius 1 is 1.27 bits per heavy atom. The maximum Gasteiger partial charge on any atom is 0.127 e. The molecule has 1 aliphatic carbocycles. The minimum Gasteiger partial charge on any atom is -0.303 e. The minimum absolute atomic E-state index is 0.0106. The Kier molecular flexibility index (Phi) is 1.83. The van der Waals surface area contributed by atoms with E-state index >= 15 is 0 Å². The molecule has 0 radical (unpaired) electrons. The van der Waals surface area contributed by atoms with E-state index < -0.39 is 0 Å². The van der Waals surface area contributed by atoms with Gasteiger partial charge in [0, 0.05) is 10.9 Å². The van der Waals surface area contributed by atoms with Crippen LogP contribution in [0.25, 0.3) is 10.8 Å². The molecule has 74 valence electrons. The van der Waals surface area contributed by atoms with E-state index in [2.05, 4.69) is 6.07 Å². The van der Waals surface area contributed by atoms with Crippen LogP contribution in [-0.4, -0.2) is 6.29 Å². The molecule has 0 aromatic heterocycles. The van der Waals surface area contributed by atoms with E-state index in [1.54, 1.807) is 0 Å². The van der Waals surface area contributed by atoms with Crippen molar-refractivity contribution in [2.75, 3.05) is 0 Å². The van der Waals surface area contributed by atoms with Gasteiger partial charge < -0.3 is 4.79 Å². The second-order valence-electron chi connectivity index (χ2n) is 3.92. The smallest absolute Gasteiger partial charge is 0.127 e. The van der Waals surface area contributed by atoms with Crippen LogP contribution in [-0.2, 0) is 11.2 Å². The summed E-state index contributed by atoms with van der Waals surface area (Å²) >= 11 is 6.14. The molecule has 1 atom stereocenters. The van der Waals surface area contributed by atoms with Gasteiger partial charge in [0.2, 0.25) is 0 Å². The van der Waals surface area contributed by atoms with Crippen LogP contribution in [0.3, 0.4) is 0 Å². The highest BCUT2D eigenvalue weighted by Crippen LogP contribution is 2.40. The first-order valence-electron chi connectivity index (χ1n) is 4.96. The largest absolute Gasteiger partial charge is 0.303 e. The van der Waals surface area contributed by atoms with Gasteiger partial charge in [-0.2, -0.15) is 0 Å². The second-order valence-corrected chi connectivity index (χ2v) is 4.33. The van der Waals surface area contributed by atoms with Crippen molar-refractivity contribution in [3.63, 3.8) is 0 Å². The number of hydrogen-bond donors (Lipinski definition) is 0. The van der Waals surface area contributed by atoms with Gasteiger partial charge in [0.05, 0.1) is 0 Å². The van der Waals surface area contributed by atoms with E-state index in [4.69, 9.17) is 11.6 Å². The highest BCUT2D eigenvalue weighted by Gasteiger charge is 2.25. The van der Waals surface area contributed by atoms with Crippen LogP contribution in [0.15, 0.2) is 30.3 Å². The summed E-state index contributed by atoms with van der Waals surface area (Å²) in [7, 11) is 0. The van der Waals surface area contributed by atoms with E-state index in [0.717, 1.165) is 28.9 Å². The van der Waals surface area contributed by atoms with Crippen LogP contribution >= 0.6 is 11.6 Å². The number of carbonyl (C=O) groups excluding carboxylic acids is 1. The van der Waals surface area contributed by atoms with E-state index in [0.29, 0.717) is 0 Å². The van der Waals surface area contributed by atoms with E-state index in [1.165, 1.54) is 10.8 Å². The summed E-state index contributed by atoms with van der Waals surface area (Å²) in [5.41, 5.74) is 2.25. The molecule has 2 aromatic carbocycles. The molecule has 3 rings (SSSR count). The summed E-state index contributed by atoms with van der Waals surface area (Å²) < 4.78 is 0. The lowest BCUT2D eigenvalue weighted by Gasteiger charge is -2.02. The highest BCUT2D eigenvalue weighted by molar-refractivity contribution is 6.32. The van der Waals surface area contributed by atoms with E-state index in [9.17, 15) is 4.79 Å². The van der Waals surface area contributed by atoms with Crippen molar-refractivity contribution in [3.8, 4) is 0 Å². The zero-order valence-corrected chi connectivity index (χ0v) is 8.79. The molecule has 0 saturated heterocycles. The average Bonchev–Trinajstić information content (AvgIpc) is 2.65. The van der Waals surface area contributed by atoms with Crippen LogP contribution in [0.2, 0.25) is 5.02 Å². The number of hydrogen-bond acceptors (Lipinski definition) is 1. The number of aldehydes is 1. The predicted octanol–water partition coefficient (Wildman–Crippen LogP) is 3.33. The van der Waals surface area contributed by atoms with Gasteiger partial charge in [-0.25, -0.2) is 0 Å². The molecule has 1 unspecified atom stereocenters. The molecule has 2 aromatic rings. The van der Waals surface area contributed by atoms with Gasteiger partial charge in [0.1, 0.15) is 6.29 Å². The van der Waals surface area contributed by atoms with Crippen LogP contribution < -0.4 is 0 Å². The Hall–Kier alpha value is -1.34. The minimum atomic E-state index is -0.0106. The maximum atomic E-state index is 11.0. The van der Waals surface area contributed by atoms with Crippen molar-refractivity contribution in [3.05, 3.63) is 46.5 Å². The normalized spacial score (nSPS) is 18.3. The molecule has 0 aliphatic heterocycles. The molecule has 1 nitrogen and oxygen atoms in total. The van der Waals surface area contributed by atoms with Gasteiger partial charge in [-0.1, -0.05) is 35.9 Å². The first kappa shape index (κ1) is 8.93. The predicted molar refractivity (Wildman–Crippen MR) is 61.5 cm³/mol. The van der Waals surface area contributed by atoms with Gasteiger partial charge in [-0.3, -0.25) is 0 Å². The third kappa shape index (κ3) is 1.13. The molecule has 0 bridgehead atoms. The van der Waals surface area contributed by atoms with Crippen LogP contribution in [0.5, 0.6) is 0 Å². The lowest BCUT2D eigenvalue weighted by Crippen LogP contribution is -1.96. The maximum absolute atomic E-state index is 11.0. The van der Waals surface area contributed by atoms with Crippen LogP contribution in [0.4, 0.5) is 0 Å². The Morgan fingerprint density at radius 3 is 2.93 bits per heavy atom. The fourth-order valence-electron chi connectivity index (χ4n) is 2.42. The molecule has 0 amide bonds. The lowest BCUT2D eigenvalue weighted by molar-refractivity contribution is -0.108. The van der Waals surface area contributed by atoms with Crippen molar-refractivity contribution in [1.29, 1.82) is 0 Å². The van der Waals surface area contributed by atoms with Crippen molar-refractivity contribution < 1.29 is 4.79 Å². The summed E-state index contributed by atoms with van der Waals surface area (Å²) in [4.78, 5) is 11.0. The quantitative estimate of drug-likeness (QED) is 0.669. The van der Waals surface area contributed by atoms with E-state index in [-0.39, 0.29) is 5.92 Å². The lowest BCUT2D eigenvalue weighted by atomic mass is 10.0.